The van der Waals surface area contributed by atoms with Crippen molar-refractivity contribution in [2.45, 2.75) is 6.42 Å². The lowest BCUT2D eigenvalue weighted by molar-refractivity contribution is 0.339. The van der Waals surface area contributed by atoms with E-state index in [4.69, 9.17) is 4.42 Å². The number of nitrogens with zero attached hydrogens (tertiary/aromatic N) is 1. The van der Waals surface area contributed by atoms with E-state index in [9.17, 15) is 4.79 Å². The zero-order valence-corrected chi connectivity index (χ0v) is 10.8. The van der Waals surface area contributed by atoms with Crippen molar-refractivity contribution in [2.24, 2.45) is 0 Å². The van der Waals surface area contributed by atoms with Gasteiger partial charge >= 0.3 is 5.76 Å². The van der Waals surface area contributed by atoms with Crippen LogP contribution < -0.4 is 11.1 Å². The summed E-state index contributed by atoms with van der Waals surface area (Å²) in [6.45, 7) is 3.00. The van der Waals surface area contributed by atoms with Crippen molar-refractivity contribution in [2.75, 3.05) is 33.7 Å². The molecule has 0 atom stereocenters. The first-order valence-electron chi connectivity index (χ1n) is 6.14. The van der Waals surface area contributed by atoms with E-state index in [1.54, 1.807) is 0 Å². The third-order valence-corrected chi connectivity index (χ3v) is 3.01. The lowest BCUT2D eigenvalue weighted by Gasteiger charge is -2.15. The van der Waals surface area contributed by atoms with E-state index in [0.29, 0.717) is 5.58 Å². The van der Waals surface area contributed by atoms with Crippen molar-refractivity contribution < 1.29 is 4.42 Å². The van der Waals surface area contributed by atoms with Crippen LogP contribution in [0.25, 0.3) is 11.1 Å². The van der Waals surface area contributed by atoms with Crippen LogP contribution in [0, 0.1) is 0 Å². The van der Waals surface area contributed by atoms with Gasteiger partial charge in [0.25, 0.3) is 0 Å². The summed E-state index contributed by atoms with van der Waals surface area (Å²) in [5, 5.41) is 3.13. The molecule has 0 saturated heterocycles. The number of hydrogen-bond acceptors (Lipinski definition) is 4. The average molecular weight is 249 g/mol. The van der Waals surface area contributed by atoms with Gasteiger partial charge in [-0.05, 0) is 38.2 Å². The second-order valence-corrected chi connectivity index (χ2v) is 4.50. The first-order valence-corrected chi connectivity index (χ1v) is 6.14. The lowest BCUT2D eigenvalue weighted by Crippen LogP contribution is -2.29. The van der Waals surface area contributed by atoms with Gasteiger partial charge in [0.05, 0.1) is 5.52 Å². The molecule has 1 aromatic heterocycles. The maximum absolute atomic E-state index is 11.0. The fourth-order valence-electron chi connectivity index (χ4n) is 1.88. The van der Waals surface area contributed by atoms with Crippen LogP contribution in [-0.4, -0.2) is 43.6 Å². The third-order valence-electron chi connectivity index (χ3n) is 3.01. The molecule has 18 heavy (non-hydrogen) atoms. The molecule has 0 unspecified atom stereocenters. The van der Waals surface area contributed by atoms with Crippen molar-refractivity contribution in [3.05, 3.63) is 34.3 Å². The van der Waals surface area contributed by atoms with Crippen LogP contribution in [0.1, 0.15) is 5.56 Å². The van der Waals surface area contributed by atoms with Crippen molar-refractivity contribution in [3.63, 3.8) is 0 Å². The molecule has 0 aliphatic carbocycles. The van der Waals surface area contributed by atoms with E-state index >= 15 is 0 Å². The molecule has 0 bridgehead atoms. The zero-order chi connectivity index (χ0) is 13.0. The Morgan fingerprint density at radius 2 is 2.22 bits per heavy atom. The number of hydrogen-bond donors (Lipinski definition) is 2. The van der Waals surface area contributed by atoms with Crippen molar-refractivity contribution >= 4 is 11.1 Å². The average Bonchev–Trinajstić information content (AvgIpc) is 2.73. The molecule has 0 aliphatic heterocycles. The fourth-order valence-corrected chi connectivity index (χ4v) is 1.88. The summed E-state index contributed by atoms with van der Waals surface area (Å²) in [5.41, 5.74) is 2.57. The molecule has 2 N–H and O–H groups in total. The van der Waals surface area contributed by atoms with Crippen LogP contribution in [-0.2, 0) is 6.42 Å². The molecule has 2 aromatic rings. The summed E-state index contributed by atoms with van der Waals surface area (Å²) < 4.78 is 5.05. The zero-order valence-electron chi connectivity index (χ0n) is 10.8. The Morgan fingerprint density at radius 1 is 1.39 bits per heavy atom. The molecule has 98 valence electrons. The summed E-state index contributed by atoms with van der Waals surface area (Å²) in [5.74, 6) is -0.395. The number of benzene rings is 1. The number of oxazole rings is 1. The summed E-state index contributed by atoms with van der Waals surface area (Å²) >= 11 is 0. The summed E-state index contributed by atoms with van der Waals surface area (Å²) in [7, 11) is 4.06. The Labute approximate surface area is 106 Å². The van der Waals surface area contributed by atoms with E-state index < -0.39 is 5.76 Å². The molecule has 0 amide bonds. The molecule has 0 saturated carbocycles. The van der Waals surface area contributed by atoms with Gasteiger partial charge in [0.15, 0.2) is 5.58 Å². The Bertz CT molecular complexity index is 559. The van der Waals surface area contributed by atoms with Gasteiger partial charge in [-0.1, -0.05) is 6.07 Å². The Morgan fingerprint density at radius 3 is 3.00 bits per heavy atom. The van der Waals surface area contributed by atoms with Crippen molar-refractivity contribution in [1.82, 2.24) is 15.2 Å². The van der Waals surface area contributed by atoms with Crippen LogP contribution in [0.15, 0.2) is 27.4 Å². The van der Waals surface area contributed by atoms with Crippen LogP contribution in [0.4, 0.5) is 0 Å². The van der Waals surface area contributed by atoms with Crippen molar-refractivity contribution in [1.29, 1.82) is 0 Å². The van der Waals surface area contributed by atoms with E-state index in [0.717, 1.165) is 31.6 Å². The highest BCUT2D eigenvalue weighted by molar-refractivity contribution is 5.72. The minimum atomic E-state index is -0.395. The van der Waals surface area contributed by atoms with E-state index in [1.165, 1.54) is 5.56 Å². The second kappa shape index (κ2) is 5.84. The highest BCUT2D eigenvalue weighted by Crippen LogP contribution is 2.12. The minimum Gasteiger partial charge on any atom is -0.408 e. The maximum Gasteiger partial charge on any atom is 0.417 e. The number of aromatic amines is 1. The number of rotatable bonds is 6. The first-order chi connectivity index (χ1) is 8.69. The highest BCUT2D eigenvalue weighted by Gasteiger charge is 2.03. The maximum atomic E-state index is 11.0. The van der Waals surface area contributed by atoms with Gasteiger partial charge < -0.3 is 14.6 Å². The summed E-state index contributed by atoms with van der Waals surface area (Å²) in [6.07, 6.45) is 0.949. The van der Waals surface area contributed by atoms with Crippen LogP contribution in [0.3, 0.4) is 0 Å². The minimum absolute atomic E-state index is 0.395. The topological polar surface area (TPSA) is 61.3 Å². The largest absolute Gasteiger partial charge is 0.417 e. The second-order valence-electron chi connectivity index (χ2n) is 4.50. The molecule has 2 rings (SSSR count). The van der Waals surface area contributed by atoms with E-state index in [-0.39, 0.29) is 0 Å². The van der Waals surface area contributed by atoms with Gasteiger partial charge in [0.1, 0.15) is 0 Å². The highest BCUT2D eigenvalue weighted by atomic mass is 16.4. The van der Waals surface area contributed by atoms with Gasteiger partial charge in [0.2, 0.25) is 0 Å². The number of H-pyrrole nitrogens is 1. The Balaban J connectivity index is 1.97. The van der Waals surface area contributed by atoms with Gasteiger partial charge in [-0.3, -0.25) is 4.98 Å². The molecule has 0 spiro atoms. The first kappa shape index (κ1) is 12.9. The van der Waals surface area contributed by atoms with Crippen LogP contribution in [0.2, 0.25) is 0 Å². The number of aromatic nitrogens is 1. The smallest absolute Gasteiger partial charge is 0.408 e. The Hall–Kier alpha value is -1.59. The monoisotopic (exact) mass is 249 g/mol. The van der Waals surface area contributed by atoms with Gasteiger partial charge in [-0.2, -0.15) is 0 Å². The van der Waals surface area contributed by atoms with Gasteiger partial charge in [0, 0.05) is 19.6 Å². The predicted octanol–water partition coefficient (Wildman–Crippen LogP) is 0.815. The summed E-state index contributed by atoms with van der Waals surface area (Å²) in [4.78, 5) is 16.0. The summed E-state index contributed by atoms with van der Waals surface area (Å²) in [6, 6.07) is 5.85. The van der Waals surface area contributed by atoms with Gasteiger partial charge in [-0.15, -0.1) is 0 Å². The van der Waals surface area contributed by atoms with Gasteiger partial charge in [-0.25, -0.2) is 4.79 Å². The van der Waals surface area contributed by atoms with E-state index in [1.807, 2.05) is 25.2 Å². The number of fused-ring (bicyclic) bond motifs is 1. The quantitative estimate of drug-likeness (QED) is 0.795. The van der Waals surface area contributed by atoms with Crippen LogP contribution >= 0.6 is 0 Å². The van der Waals surface area contributed by atoms with E-state index in [2.05, 4.69) is 22.2 Å². The molecule has 1 heterocycles. The number of likely N-dealkylation sites (N-methyl/N-ethyl adjacent to an activating group) is 2. The normalized spacial score (nSPS) is 11.5. The molecular weight excluding hydrogens is 230 g/mol. The molecular formula is C13H19N3O2. The molecule has 5 heteroatoms. The molecule has 0 radical (unpaired) electrons. The Kier molecular flexibility index (Phi) is 4.17. The molecule has 1 aromatic carbocycles. The third kappa shape index (κ3) is 3.21. The van der Waals surface area contributed by atoms with Crippen molar-refractivity contribution in [3.8, 4) is 0 Å². The predicted molar refractivity (Wildman–Crippen MR) is 72.0 cm³/mol. The standard InChI is InChI=1S/C13H19N3O2/c1-14-6-8-16(2)7-5-10-3-4-11-12(9-10)18-13(17)15-11/h3-4,9,14H,5-8H2,1-2H3,(H,15,17). The lowest BCUT2D eigenvalue weighted by atomic mass is 10.1. The molecule has 5 nitrogen and oxygen atoms in total. The molecule has 0 aliphatic rings. The SMILES string of the molecule is CNCCN(C)CCc1ccc2[nH]c(=O)oc2c1. The molecule has 0 fully saturated rings. The van der Waals surface area contributed by atoms with Crippen LogP contribution in [0.5, 0.6) is 0 Å². The number of nitrogens with one attached hydrogen (secondary N) is 2. The fraction of sp³-hybridized carbons (Fsp3) is 0.462.